The van der Waals surface area contributed by atoms with E-state index in [1.165, 1.54) is 6.07 Å². The molecular formula is C21H15ClN2O4. The highest BCUT2D eigenvalue weighted by molar-refractivity contribution is 6.30. The standard InChI is InChI=1S/C21H15ClN2O4/c22-13-5-8-15(9-6-13)27-12-20(26)23-14-7-10-16(18(25)11-14)21-24-17-3-1-2-4-19(17)28-21/h1-11,25H,12H2,(H,23,26). The van der Waals surface area contributed by atoms with Crippen molar-refractivity contribution in [1.29, 1.82) is 0 Å². The van der Waals surface area contributed by atoms with Crippen LogP contribution in [0.1, 0.15) is 0 Å². The van der Waals surface area contributed by atoms with Crippen LogP contribution in [-0.2, 0) is 4.79 Å². The molecule has 0 saturated heterocycles. The van der Waals surface area contributed by atoms with E-state index in [9.17, 15) is 9.90 Å². The SMILES string of the molecule is O=C(COc1ccc(Cl)cc1)Nc1ccc(-c2nc3ccccc3o2)c(O)c1. The molecule has 4 aromatic rings. The van der Waals surface area contributed by atoms with Crippen LogP contribution in [0.2, 0.25) is 5.02 Å². The zero-order chi connectivity index (χ0) is 19.5. The fraction of sp³-hybridized carbons (Fsp3) is 0.0476. The maximum Gasteiger partial charge on any atom is 0.262 e. The average molecular weight is 395 g/mol. The van der Waals surface area contributed by atoms with Gasteiger partial charge in [0.15, 0.2) is 12.2 Å². The lowest BCUT2D eigenvalue weighted by atomic mass is 10.2. The molecule has 0 aliphatic heterocycles. The van der Waals surface area contributed by atoms with Crippen LogP contribution in [0.4, 0.5) is 5.69 Å². The van der Waals surface area contributed by atoms with Crippen molar-refractivity contribution in [1.82, 2.24) is 4.98 Å². The van der Waals surface area contributed by atoms with E-state index in [-0.39, 0.29) is 18.3 Å². The number of fused-ring (bicyclic) bond motifs is 1. The van der Waals surface area contributed by atoms with Gasteiger partial charge in [-0.15, -0.1) is 0 Å². The molecule has 2 N–H and O–H groups in total. The number of anilines is 1. The third-order valence-corrected chi connectivity index (χ3v) is 4.24. The summed E-state index contributed by atoms with van der Waals surface area (Å²) in [6.45, 7) is -0.171. The van der Waals surface area contributed by atoms with Crippen molar-refractivity contribution in [3.8, 4) is 23.0 Å². The van der Waals surface area contributed by atoms with Gasteiger partial charge in [0.1, 0.15) is 17.0 Å². The molecule has 0 atom stereocenters. The Labute approximate surface area is 165 Å². The number of carbonyl (C=O) groups is 1. The van der Waals surface area contributed by atoms with Crippen molar-refractivity contribution in [2.45, 2.75) is 0 Å². The number of nitrogens with one attached hydrogen (secondary N) is 1. The first-order chi connectivity index (χ1) is 13.6. The number of carbonyl (C=O) groups excluding carboxylic acids is 1. The largest absolute Gasteiger partial charge is 0.507 e. The first kappa shape index (κ1) is 17.9. The Hall–Kier alpha value is -3.51. The minimum Gasteiger partial charge on any atom is -0.507 e. The van der Waals surface area contributed by atoms with E-state index < -0.39 is 0 Å². The summed E-state index contributed by atoms with van der Waals surface area (Å²) < 4.78 is 11.1. The molecule has 4 rings (SSSR count). The highest BCUT2D eigenvalue weighted by atomic mass is 35.5. The maximum absolute atomic E-state index is 12.1. The number of phenols is 1. The minimum atomic E-state index is -0.357. The third kappa shape index (κ3) is 3.92. The minimum absolute atomic E-state index is 0.0528. The summed E-state index contributed by atoms with van der Waals surface area (Å²) in [5.74, 6) is 0.434. The van der Waals surface area contributed by atoms with Crippen molar-refractivity contribution >= 4 is 34.3 Å². The molecule has 28 heavy (non-hydrogen) atoms. The summed E-state index contributed by atoms with van der Waals surface area (Å²) in [7, 11) is 0. The predicted octanol–water partition coefficient (Wildman–Crippen LogP) is 4.87. The summed E-state index contributed by atoms with van der Waals surface area (Å²) in [5.41, 5.74) is 2.20. The fourth-order valence-electron chi connectivity index (χ4n) is 2.65. The Morgan fingerprint density at radius 2 is 1.89 bits per heavy atom. The molecule has 0 bridgehead atoms. The van der Waals surface area contributed by atoms with Crippen LogP contribution in [0.25, 0.3) is 22.6 Å². The van der Waals surface area contributed by atoms with Crippen LogP contribution >= 0.6 is 11.6 Å². The zero-order valence-electron chi connectivity index (χ0n) is 14.6. The van der Waals surface area contributed by atoms with Gasteiger partial charge in [-0.2, -0.15) is 0 Å². The van der Waals surface area contributed by atoms with Crippen LogP contribution in [0, 0.1) is 0 Å². The predicted molar refractivity (Wildman–Crippen MR) is 107 cm³/mol. The molecule has 140 valence electrons. The van der Waals surface area contributed by atoms with Gasteiger partial charge in [-0.25, -0.2) is 4.98 Å². The van der Waals surface area contributed by atoms with Gasteiger partial charge in [0.2, 0.25) is 5.89 Å². The number of ether oxygens (including phenoxy) is 1. The van der Waals surface area contributed by atoms with Crippen molar-refractivity contribution in [3.05, 3.63) is 71.8 Å². The number of para-hydroxylation sites is 2. The van der Waals surface area contributed by atoms with Gasteiger partial charge < -0.3 is 19.6 Å². The van der Waals surface area contributed by atoms with Gasteiger partial charge in [0.05, 0.1) is 5.56 Å². The monoisotopic (exact) mass is 394 g/mol. The van der Waals surface area contributed by atoms with E-state index in [1.54, 1.807) is 42.5 Å². The highest BCUT2D eigenvalue weighted by Gasteiger charge is 2.13. The van der Waals surface area contributed by atoms with Crippen molar-refractivity contribution in [2.75, 3.05) is 11.9 Å². The molecule has 0 radical (unpaired) electrons. The second kappa shape index (κ2) is 7.62. The van der Waals surface area contributed by atoms with Crippen LogP contribution in [0.15, 0.2) is 71.1 Å². The lowest BCUT2D eigenvalue weighted by Gasteiger charge is -2.09. The molecule has 1 heterocycles. The molecule has 0 aliphatic carbocycles. The lowest BCUT2D eigenvalue weighted by molar-refractivity contribution is -0.118. The number of phenolic OH excluding ortho intramolecular Hbond substituents is 1. The van der Waals surface area contributed by atoms with E-state index >= 15 is 0 Å². The van der Waals surface area contributed by atoms with Crippen LogP contribution in [-0.4, -0.2) is 22.6 Å². The summed E-state index contributed by atoms with van der Waals surface area (Å²) in [5, 5.41) is 13.6. The molecule has 3 aromatic carbocycles. The molecule has 1 aromatic heterocycles. The molecule has 0 fully saturated rings. The first-order valence-electron chi connectivity index (χ1n) is 8.46. The van der Waals surface area contributed by atoms with Crippen LogP contribution in [0.5, 0.6) is 11.5 Å². The van der Waals surface area contributed by atoms with Gasteiger partial charge in [-0.05, 0) is 48.5 Å². The van der Waals surface area contributed by atoms with E-state index in [2.05, 4.69) is 10.3 Å². The number of benzene rings is 3. The topological polar surface area (TPSA) is 84.6 Å². The quantitative estimate of drug-likeness (QED) is 0.504. The molecule has 0 spiro atoms. The van der Waals surface area contributed by atoms with Gasteiger partial charge in [-0.1, -0.05) is 23.7 Å². The van der Waals surface area contributed by atoms with E-state index in [4.69, 9.17) is 20.8 Å². The molecule has 7 heteroatoms. The van der Waals surface area contributed by atoms with Gasteiger partial charge in [-0.3, -0.25) is 4.79 Å². The number of hydrogen-bond donors (Lipinski definition) is 2. The Balaban J connectivity index is 1.43. The summed E-state index contributed by atoms with van der Waals surface area (Å²) >= 11 is 5.81. The molecule has 6 nitrogen and oxygen atoms in total. The van der Waals surface area contributed by atoms with Crippen molar-refractivity contribution in [2.24, 2.45) is 0 Å². The Morgan fingerprint density at radius 1 is 1.11 bits per heavy atom. The highest BCUT2D eigenvalue weighted by Crippen LogP contribution is 2.33. The number of halogens is 1. The normalized spacial score (nSPS) is 10.8. The van der Waals surface area contributed by atoms with Crippen LogP contribution < -0.4 is 10.1 Å². The molecule has 0 saturated carbocycles. The zero-order valence-corrected chi connectivity index (χ0v) is 15.3. The number of hydrogen-bond acceptors (Lipinski definition) is 5. The average Bonchev–Trinajstić information content (AvgIpc) is 3.11. The Morgan fingerprint density at radius 3 is 2.64 bits per heavy atom. The second-order valence-corrected chi connectivity index (χ2v) is 6.45. The van der Waals surface area contributed by atoms with E-state index in [0.717, 1.165) is 0 Å². The van der Waals surface area contributed by atoms with Crippen LogP contribution in [0.3, 0.4) is 0 Å². The number of aromatic nitrogens is 1. The Bertz CT molecular complexity index is 1110. The lowest BCUT2D eigenvalue weighted by Crippen LogP contribution is -2.20. The van der Waals surface area contributed by atoms with Gasteiger partial charge in [0.25, 0.3) is 5.91 Å². The summed E-state index contributed by atoms with van der Waals surface area (Å²) in [4.78, 5) is 16.4. The van der Waals surface area contributed by atoms with Gasteiger partial charge >= 0.3 is 0 Å². The maximum atomic E-state index is 12.1. The van der Waals surface area contributed by atoms with Crippen molar-refractivity contribution < 1.29 is 19.1 Å². The molecule has 0 aliphatic rings. The third-order valence-electron chi connectivity index (χ3n) is 3.99. The van der Waals surface area contributed by atoms with E-state index in [0.29, 0.717) is 39.0 Å². The number of oxazole rings is 1. The second-order valence-electron chi connectivity index (χ2n) is 6.01. The number of aromatic hydroxyl groups is 1. The number of nitrogens with zero attached hydrogens (tertiary/aromatic N) is 1. The van der Waals surface area contributed by atoms with E-state index in [1.807, 2.05) is 18.2 Å². The number of rotatable bonds is 5. The number of amides is 1. The molecular weight excluding hydrogens is 380 g/mol. The summed E-state index contributed by atoms with van der Waals surface area (Å²) in [6, 6.07) is 18.8. The molecule has 0 unspecified atom stereocenters. The van der Waals surface area contributed by atoms with Crippen molar-refractivity contribution in [3.63, 3.8) is 0 Å². The van der Waals surface area contributed by atoms with Gasteiger partial charge in [0, 0.05) is 16.8 Å². The Kier molecular flexibility index (Phi) is 4.87. The fourth-order valence-corrected chi connectivity index (χ4v) is 2.78. The first-order valence-corrected chi connectivity index (χ1v) is 8.83. The molecule has 1 amide bonds. The summed E-state index contributed by atoms with van der Waals surface area (Å²) in [6.07, 6.45) is 0. The smallest absolute Gasteiger partial charge is 0.262 e.